The fourth-order valence-corrected chi connectivity index (χ4v) is 4.06. The highest BCUT2D eigenvalue weighted by Crippen LogP contribution is 2.23. The molecule has 9 heteroatoms. The maximum atomic E-state index is 10.1. The Bertz CT molecular complexity index is 946. The Hall–Kier alpha value is -1.92. The monoisotopic (exact) mass is 606 g/mol. The molecule has 0 amide bonds. The molecule has 0 saturated carbocycles. The molecule has 0 aliphatic carbocycles. The van der Waals surface area contributed by atoms with E-state index in [1.807, 2.05) is 50.2 Å². The molecule has 0 bridgehead atoms. The van der Waals surface area contributed by atoms with Gasteiger partial charge in [-0.2, -0.15) is 0 Å². The first-order chi connectivity index (χ1) is 20.5. The average molecular weight is 607 g/mol. The van der Waals surface area contributed by atoms with Crippen LogP contribution in [-0.4, -0.2) is 89.5 Å². The number of hydrogen-bond acceptors (Lipinski definition) is 9. The molecule has 2 rings (SSSR count). The lowest BCUT2D eigenvalue weighted by atomic mass is 9.95. The SMILES string of the molecule is Cc1cc(C(C)(C)O)ccc1COCCOCCOCCOCCOCCOCCOCc1ccc(C(C)(C)O)cc1C. The Balaban J connectivity index is 1.31. The van der Waals surface area contributed by atoms with Gasteiger partial charge in [0.1, 0.15) is 0 Å². The molecule has 0 saturated heterocycles. The zero-order valence-corrected chi connectivity index (χ0v) is 27.1. The van der Waals surface area contributed by atoms with Gasteiger partial charge in [0.2, 0.25) is 0 Å². The highest BCUT2D eigenvalue weighted by Gasteiger charge is 2.17. The first-order valence-electron chi connectivity index (χ1n) is 15.2. The fourth-order valence-electron chi connectivity index (χ4n) is 4.06. The molecule has 2 aromatic rings. The van der Waals surface area contributed by atoms with Crippen molar-refractivity contribution >= 4 is 0 Å². The Morgan fingerprint density at radius 2 is 0.698 bits per heavy atom. The van der Waals surface area contributed by atoms with E-state index in [1.54, 1.807) is 27.7 Å². The van der Waals surface area contributed by atoms with Gasteiger partial charge in [0.05, 0.1) is 104 Å². The Morgan fingerprint density at radius 1 is 0.442 bits per heavy atom. The van der Waals surface area contributed by atoms with E-state index in [9.17, 15) is 10.2 Å². The average Bonchev–Trinajstić information content (AvgIpc) is 2.94. The zero-order chi connectivity index (χ0) is 31.6. The van der Waals surface area contributed by atoms with E-state index in [0.717, 1.165) is 33.4 Å². The molecule has 0 unspecified atom stereocenters. The summed E-state index contributed by atoms with van der Waals surface area (Å²) in [6.45, 7) is 18.3. The molecule has 0 spiro atoms. The molecule has 2 N–H and O–H groups in total. The van der Waals surface area contributed by atoms with E-state index in [4.69, 9.17) is 33.2 Å². The van der Waals surface area contributed by atoms with Gasteiger partial charge in [0.25, 0.3) is 0 Å². The van der Waals surface area contributed by atoms with E-state index >= 15 is 0 Å². The first kappa shape index (κ1) is 37.3. The predicted octanol–water partition coefficient (Wildman–Crippen LogP) is 4.57. The summed E-state index contributed by atoms with van der Waals surface area (Å²) < 4.78 is 39.0. The normalized spacial score (nSPS) is 12.3. The minimum absolute atomic E-state index is 0.506. The molecule has 0 aliphatic rings. The van der Waals surface area contributed by atoms with Crippen LogP contribution in [0.3, 0.4) is 0 Å². The van der Waals surface area contributed by atoms with Gasteiger partial charge < -0.3 is 43.4 Å². The Morgan fingerprint density at radius 3 is 0.930 bits per heavy atom. The molecular formula is C34H54O9. The molecule has 43 heavy (non-hydrogen) atoms. The van der Waals surface area contributed by atoms with E-state index < -0.39 is 11.2 Å². The maximum Gasteiger partial charge on any atom is 0.0840 e. The molecule has 0 aromatic heterocycles. The van der Waals surface area contributed by atoms with Crippen LogP contribution in [0.5, 0.6) is 0 Å². The lowest BCUT2D eigenvalue weighted by Crippen LogP contribution is -2.16. The summed E-state index contributed by atoms with van der Waals surface area (Å²) in [4.78, 5) is 0. The van der Waals surface area contributed by atoms with Crippen molar-refractivity contribution in [1.29, 1.82) is 0 Å². The lowest BCUT2D eigenvalue weighted by Gasteiger charge is -2.19. The number of hydrogen-bond donors (Lipinski definition) is 2. The molecule has 0 atom stereocenters. The van der Waals surface area contributed by atoms with Crippen molar-refractivity contribution in [1.82, 2.24) is 0 Å². The van der Waals surface area contributed by atoms with Crippen molar-refractivity contribution in [3.8, 4) is 0 Å². The predicted molar refractivity (Wildman–Crippen MR) is 166 cm³/mol. The minimum atomic E-state index is -0.843. The van der Waals surface area contributed by atoms with Crippen LogP contribution in [0.15, 0.2) is 36.4 Å². The van der Waals surface area contributed by atoms with E-state index in [1.165, 1.54) is 0 Å². The van der Waals surface area contributed by atoms with Crippen LogP contribution < -0.4 is 0 Å². The van der Waals surface area contributed by atoms with Crippen LogP contribution >= 0.6 is 0 Å². The highest BCUT2D eigenvalue weighted by atomic mass is 16.6. The Kier molecular flexibility index (Phi) is 17.5. The molecule has 0 heterocycles. The fraction of sp³-hybridized carbons (Fsp3) is 0.647. The third-order valence-electron chi connectivity index (χ3n) is 6.85. The van der Waals surface area contributed by atoms with Crippen LogP contribution in [0.1, 0.15) is 61.1 Å². The Labute approximate surface area is 258 Å². The second kappa shape index (κ2) is 20.2. The summed E-state index contributed by atoms with van der Waals surface area (Å²) in [7, 11) is 0. The van der Waals surface area contributed by atoms with Gasteiger partial charge in [0.15, 0.2) is 0 Å². The molecule has 0 radical (unpaired) electrons. The van der Waals surface area contributed by atoms with Crippen molar-refractivity contribution in [2.75, 3.05) is 79.3 Å². The second-order valence-electron chi connectivity index (χ2n) is 11.6. The zero-order valence-electron chi connectivity index (χ0n) is 27.1. The number of benzene rings is 2. The third kappa shape index (κ3) is 16.1. The van der Waals surface area contributed by atoms with Crippen LogP contribution in [0.4, 0.5) is 0 Å². The summed E-state index contributed by atoms with van der Waals surface area (Å²) in [5.74, 6) is 0. The molecular weight excluding hydrogens is 552 g/mol. The summed E-state index contributed by atoms with van der Waals surface area (Å²) in [5, 5.41) is 20.2. The second-order valence-corrected chi connectivity index (χ2v) is 11.6. The van der Waals surface area contributed by atoms with E-state index in [-0.39, 0.29) is 0 Å². The summed E-state index contributed by atoms with van der Waals surface area (Å²) in [5.41, 5.74) is 4.53. The smallest absolute Gasteiger partial charge is 0.0840 e. The number of aliphatic hydroxyl groups is 2. The van der Waals surface area contributed by atoms with E-state index in [2.05, 4.69) is 0 Å². The third-order valence-corrected chi connectivity index (χ3v) is 6.85. The lowest BCUT2D eigenvalue weighted by molar-refractivity contribution is -0.0218. The van der Waals surface area contributed by atoms with Crippen LogP contribution in [0.25, 0.3) is 0 Å². The van der Waals surface area contributed by atoms with Gasteiger partial charge in [-0.3, -0.25) is 0 Å². The van der Waals surface area contributed by atoms with Gasteiger partial charge in [-0.05, 0) is 74.9 Å². The maximum absolute atomic E-state index is 10.1. The quantitative estimate of drug-likeness (QED) is 0.166. The van der Waals surface area contributed by atoms with E-state index in [0.29, 0.717) is 92.5 Å². The van der Waals surface area contributed by atoms with Gasteiger partial charge >= 0.3 is 0 Å². The largest absolute Gasteiger partial charge is 0.386 e. The molecule has 9 nitrogen and oxygen atoms in total. The summed E-state index contributed by atoms with van der Waals surface area (Å²) in [6, 6.07) is 11.9. The topological polar surface area (TPSA) is 105 Å². The molecule has 244 valence electrons. The van der Waals surface area contributed by atoms with Gasteiger partial charge in [-0.25, -0.2) is 0 Å². The minimum Gasteiger partial charge on any atom is -0.386 e. The molecule has 0 fully saturated rings. The van der Waals surface area contributed by atoms with Crippen LogP contribution in [-0.2, 0) is 57.6 Å². The van der Waals surface area contributed by atoms with Crippen LogP contribution in [0.2, 0.25) is 0 Å². The van der Waals surface area contributed by atoms with Crippen LogP contribution in [0, 0.1) is 13.8 Å². The summed E-state index contributed by atoms with van der Waals surface area (Å²) >= 11 is 0. The van der Waals surface area contributed by atoms with Crippen molar-refractivity contribution < 1.29 is 43.4 Å². The molecule has 2 aromatic carbocycles. The van der Waals surface area contributed by atoms with Crippen molar-refractivity contribution in [2.24, 2.45) is 0 Å². The van der Waals surface area contributed by atoms with Crippen molar-refractivity contribution in [3.63, 3.8) is 0 Å². The number of ether oxygens (including phenoxy) is 7. The molecule has 0 aliphatic heterocycles. The number of rotatable bonds is 24. The van der Waals surface area contributed by atoms with Gasteiger partial charge in [-0.1, -0.05) is 36.4 Å². The van der Waals surface area contributed by atoms with Crippen molar-refractivity contribution in [2.45, 2.75) is 66.0 Å². The standard InChI is InChI=1S/C34H54O9/c1-27-23-31(33(3,4)35)9-7-29(27)25-42-21-19-40-17-15-38-13-11-37-12-14-39-16-18-41-20-22-43-26-30-8-10-32(24-28(30)2)34(5,6)36/h7-10,23-24,35-36H,11-22,25-26H2,1-6H3. The van der Waals surface area contributed by atoms with Gasteiger partial charge in [-0.15, -0.1) is 0 Å². The first-order valence-corrected chi connectivity index (χ1v) is 15.2. The number of aryl methyl sites for hydroxylation is 2. The summed E-state index contributed by atoms with van der Waals surface area (Å²) in [6.07, 6.45) is 0. The highest BCUT2D eigenvalue weighted by molar-refractivity contribution is 5.34. The van der Waals surface area contributed by atoms with Gasteiger partial charge in [0, 0.05) is 0 Å². The van der Waals surface area contributed by atoms with Crippen molar-refractivity contribution in [3.05, 3.63) is 69.8 Å².